The highest BCUT2D eigenvalue weighted by atomic mass is 32.2. The summed E-state index contributed by atoms with van der Waals surface area (Å²) in [7, 11) is -3.80. The van der Waals surface area contributed by atoms with Crippen molar-refractivity contribution in [1.82, 2.24) is 4.98 Å². The Bertz CT molecular complexity index is 1340. The molecule has 0 unspecified atom stereocenters. The van der Waals surface area contributed by atoms with E-state index in [0.717, 1.165) is 21.9 Å². The highest BCUT2D eigenvalue weighted by Gasteiger charge is 2.11. The summed E-state index contributed by atoms with van der Waals surface area (Å²) in [5.74, 6) is 0.570. The minimum atomic E-state index is -3.80. The lowest BCUT2D eigenvalue weighted by molar-refractivity contribution is 0.598. The molecule has 0 aliphatic heterocycles. The lowest BCUT2D eigenvalue weighted by atomic mass is 9.98. The quantitative estimate of drug-likeness (QED) is 0.468. The third-order valence-electron chi connectivity index (χ3n) is 4.49. The van der Waals surface area contributed by atoms with Gasteiger partial charge in [0, 0.05) is 17.3 Å². The molecule has 1 aromatic heterocycles. The average molecular weight is 404 g/mol. The van der Waals surface area contributed by atoms with Gasteiger partial charge in [0.15, 0.2) is 0 Å². The van der Waals surface area contributed by atoms with Crippen molar-refractivity contribution < 1.29 is 8.42 Å². The van der Waals surface area contributed by atoms with Gasteiger partial charge < -0.3 is 5.32 Å². The number of nitrogens with zero attached hydrogens (tertiary/aromatic N) is 2. The maximum absolute atomic E-state index is 11.6. The van der Waals surface area contributed by atoms with Gasteiger partial charge in [0.2, 0.25) is 10.0 Å². The Morgan fingerprint density at radius 3 is 2.48 bits per heavy atom. The lowest BCUT2D eigenvalue weighted by Gasteiger charge is -2.12. The molecule has 0 bridgehead atoms. The molecular weight excluding hydrogens is 388 g/mol. The fourth-order valence-corrected chi connectivity index (χ4v) is 3.74. The number of nitroso groups, excluding NO2 is 1. The molecule has 0 spiro atoms. The molecule has 3 N–H and O–H groups in total. The monoisotopic (exact) mass is 404 g/mol. The fourth-order valence-electron chi connectivity index (χ4n) is 3.18. The first-order valence-electron chi connectivity index (χ1n) is 8.67. The van der Waals surface area contributed by atoms with Gasteiger partial charge in [0.05, 0.1) is 4.90 Å². The van der Waals surface area contributed by atoms with Gasteiger partial charge in [0.1, 0.15) is 11.5 Å². The maximum Gasteiger partial charge on any atom is 0.238 e. The molecule has 0 aliphatic rings. The van der Waals surface area contributed by atoms with Crippen LogP contribution in [0.1, 0.15) is 0 Å². The first-order chi connectivity index (χ1) is 14.0. The Morgan fingerprint density at radius 2 is 1.69 bits per heavy atom. The zero-order chi connectivity index (χ0) is 20.4. The van der Waals surface area contributed by atoms with E-state index in [-0.39, 0.29) is 4.90 Å². The SMILES string of the molecule is NS(=O)(=O)c1cccc(Nc2nccc3c(-c4cccc(N=O)c4)cccc23)c1. The number of primary sulfonamides is 1. The van der Waals surface area contributed by atoms with Crippen molar-refractivity contribution in [1.29, 1.82) is 0 Å². The lowest BCUT2D eigenvalue weighted by Crippen LogP contribution is -2.12. The smallest absolute Gasteiger partial charge is 0.238 e. The van der Waals surface area contributed by atoms with E-state index in [2.05, 4.69) is 15.5 Å². The van der Waals surface area contributed by atoms with E-state index in [1.807, 2.05) is 30.3 Å². The second-order valence-corrected chi connectivity index (χ2v) is 7.96. The molecule has 1 heterocycles. The fraction of sp³-hybridized carbons (Fsp3) is 0. The summed E-state index contributed by atoms with van der Waals surface area (Å²) in [6.07, 6.45) is 1.67. The van der Waals surface area contributed by atoms with Crippen LogP contribution in [0, 0.1) is 4.91 Å². The molecule has 29 heavy (non-hydrogen) atoms. The topological polar surface area (TPSA) is 115 Å². The van der Waals surface area contributed by atoms with Crippen molar-refractivity contribution in [2.75, 3.05) is 5.32 Å². The molecule has 0 radical (unpaired) electrons. The highest BCUT2D eigenvalue weighted by Crippen LogP contribution is 2.34. The number of fused-ring (bicyclic) bond motifs is 1. The van der Waals surface area contributed by atoms with Gasteiger partial charge in [-0.15, -0.1) is 4.91 Å². The molecule has 7 nitrogen and oxygen atoms in total. The van der Waals surface area contributed by atoms with E-state index in [1.54, 1.807) is 36.5 Å². The Kier molecular flexibility index (Phi) is 4.79. The first-order valence-corrected chi connectivity index (χ1v) is 10.2. The molecule has 0 saturated heterocycles. The number of aromatic nitrogens is 1. The van der Waals surface area contributed by atoms with Crippen molar-refractivity contribution >= 4 is 38.0 Å². The summed E-state index contributed by atoms with van der Waals surface area (Å²) in [5.41, 5.74) is 2.69. The number of rotatable bonds is 5. The Labute approximate surface area is 167 Å². The molecule has 4 rings (SSSR count). The van der Waals surface area contributed by atoms with E-state index in [1.165, 1.54) is 12.1 Å². The Hall–Kier alpha value is -3.62. The number of sulfonamides is 1. The first kappa shape index (κ1) is 18.7. The zero-order valence-electron chi connectivity index (χ0n) is 15.1. The standard InChI is InChI=1S/C21H16N4O3S/c22-29(27,28)17-7-2-5-15(13-17)24-21-20-9-3-8-18(19(20)10-11-23-21)14-4-1-6-16(12-14)25-26/h1-13H,(H,23,24)(H2,22,27,28). The highest BCUT2D eigenvalue weighted by molar-refractivity contribution is 7.89. The van der Waals surface area contributed by atoms with Gasteiger partial charge in [0.25, 0.3) is 0 Å². The number of benzene rings is 3. The number of nitrogens with two attached hydrogens (primary N) is 1. The predicted octanol–water partition coefficient (Wildman–Crippen LogP) is 4.69. The summed E-state index contributed by atoms with van der Waals surface area (Å²) in [5, 5.41) is 13.2. The van der Waals surface area contributed by atoms with Crippen molar-refractivity contribution in [2.24, 2.45) is 10.3 Å². The maximum atomic E-state index is 11.6. The third kappa shape index (κ3) is 3.84. The van der Waals surface area contributed by atoms with E-state index in [4.69, 9.17) is 5.14 Å². The molecule has 0 fully saturated rings. The van der Waals surface area contributed by atoms with Crippen molar-refractivity contribution in [3.63, 3.8) is 0 Å². The van der Waals surface area contributed by atoms with E-state index in [9.17, 15) is 13.3 Å². The van der Waals surface area contributed by atoms with Crippen LogP contribution in [0.4, 0.5) is 17.2 Å². The summed E-state index contributed by atoms with van der Waals surface area (Å²) >= 11 is 0. The Balaban J connectivity index is 1.81. The van der Waals surface area contributed by atoms with Gasteiger partial charge in [-0.25, -0.2) is 18.5 Å². The van der Waals surface area contributed by atoms with Crippen LogP contribution in [-0.2, 0) is 10.0 Å². The van der Waals surface area contributed by atoms with Gasteiger partial charge >= 0.3 is 0 Å². The van der Waals surface area contributed by atoms with Crippen LogP contribution in [0.2, 0.25) is 0 Å². The van der Waals surface area contributed by atoms with Crippen LogP contribution >= 0.6 is 0 Å². The number of hydrogen-bond acceptors (Lipinski definition) is 6. The van der Waals surface area contributed by atoms with Crippen LogP contribution in [0.3, 0.4) is 0 Å². The predicted molar refractivity (Wildman–Crippen MR) is 114 cm³/mol. The second kappa shape index (κ2) is 7.42. The normalized spacial score (nSPS) is 11.3. The molecule has 4 aromatic rings. The number of hydrogen-bond donors (Lipinski definition) is 2. The van der Waals surface area contributed by atoms with E-state index >= 15 is 0 Å². The number of anilines is 2. The summed E-state index contributed by atoms with van der Waals surface area (Å²) in [6, 6.07) is 21.0. The molecule has 0 saturated carbocycles. The van der Waals surface area contributed by atoms with Crippen LogP contribution < -0.4 is 10.5 Å². The van der Waals surface area contributed by atoms with Crippen molar-refractivity contribution in [3.8, 4) is 11.1 Å². The number of nitrogens with one attached hydrogen (secondary N) is 1. The molecule has 3 aromatic carbocycles. The molecular formula is C21H16N4O3S. The van der Waals surface area contributed by atoms with Crippen LogP contribution in [0.25, 0.3) is 21.9 Å². The number of pyridine rings is 1. The Morgan fingerprint density at radius 1 is 0.897 bits per heavy atom. The van der Waals surface area contributed by atoms with Crippen molar-refractivity contribution in [2.45, 2.75) is 4.90 Å². The molecule has 0 atom stereocenters. The van der Waals surface area contributed by atoms with E-state index < -0.39 is 10.0 Å². The molecule has 0 aliphatic carbocycles. The molecule has 0 amide bonds. The van der Waals surface area contributed by atoms with Gasteiger partial charge in [-0.05, 0) is 58.1 Å². The van der Waals surface area contributed by atoms with Crippen LogP contribution in [0.15, 0.2) is 89.1 Å². The summed E-state index contributed by atoms with van der Waals surface area (Å²) in [4.78, 5) is 15.3. The molecule has 8 heteroatoms. The minimum Gasteiger partial charge on any atom is -0.340 e. The van der Waals surface area contributed by atoms with Crippen molar-refractivity contribution in [3.05, 3.63) is 83.9 Å². The minimum absolute atomic E-state index is 0.0154. The zero-order valence-corrected chi connectivity index (χ0v) is 15.9. The van der Waals surface area contributed by atoms with E-state index in [0.29, 0.717) is 17.2 Å². The second-order valence-electron chi connectivity index (χ2n) is 6.40. The average Bonchev–Trinajstić information content (AvgIpc) is 2.73. The van der Waals surface area contributed by atoms with Crippen LogP contribution in [0.5, 0.6) is 0 Å². The molecule has 144 valence electrons. The van der Waals surface area contributed by atoms with Gasteiger partial charge in [-0.1, -0.05) is 36.4 Å². The van der Waals surface area contributed by atoms with Gasteiger partial charge in [-0.3, -0.25) is 0 Å². The van der Waals surface area contributed by atoms with Gasteiger partial charge in [-0.2, -0.15) is 0 Å². The third-order valence-corrected chi connectivity index (χ3v) is 5.40. The summed E-state index contributed by atoms with van der Waals surface area (Å²) in [6.45, 7) is 0. The largest absolute Gasteiger partial charge is 0.340 e. The summed E-state index contributed by atoms with van der Waals surface area (Å²) < 4.78 is 23.2. The van der Waals surface area contributed by atoms with Crippen LogP contribution in [-0.4, -0.2) is 13.4 Å².